The molecule has 0 aliphatic heterocycles. The lowest BCUT2D eigenvalue weighted by molar-refractivity contribution is -0.141. The monoisotopic (exact) mass is 593 g/mol. The van der Waals surface area contributed by atoms with E-state index in [4.69, 9.17) is 21.1 Å². The molecular weight excluding hydrogens is 554 g/mol. The maximum atomic E-state index is 13.6. The number of carbonyl (C=O) groups is 2. The second kappa shape index (κ2) is 14.6. The van der Waals surface area contributed by atoms with Gasteiger partial charge in [-0.25, -0.2) is 8.42 Å². The van der Waals surface area contributed by atoms with Crippen molar-refractivity contribution in [1.29, 1.82) is 0 Å². The number of nitrogens with one attached hydrogen (secondary N) is 1. The van der Waals surface area contributed by atoms with Crippen molar-refractivity contribution in [2.75, 3.05) is 31.3 Å². The molecule has 0 radical (unpaired) electrons. The van der Waals surface area contributed by atoms with Crippen LogP contribution in [0.15, 0.2) is 42.5 Å². The molecule has 2 amide bonds. The highest BCUT2D eigenvalue weighted by Gasteiger charge is 2.30. The summed E-state index contributed by atoms with van der Waals surface area (Å²) in [5, 5.41) is 3.42. The smallest absolute Gasteiger partial charge is 0.243 e. The number of benzene rings is 2. The number of hydrogen-bond donors (Lipinski definition) is 1. The predicted molar refractivity (Wildman–Crippen MR) is 157 cm³/mol. The zero-order chi connectivity index (χ0) is 29.3. The number of halogens is 1. The fraction of sp³-hybridized carbons (Fsp3) is 0.517. The summed E-state index contributed by atoms with van der Waals surface area (Å²) in [5.74, 6) is 0.768. The molecule has 0 saturated heterocycles. The van der Waals surface area contributed by atoms with Crippen molar-refractivity contribution in [2.45, 2.75) is 70.5 Å². The van der Waals surface area contributed by atoms with Gasteiger partial charge in [-0.05, 0) is 61.6 Å². The summed E-state index contributed by atoms with van der Waals surface area (Å²) in [7, 11) is -0.572. The van der Waals surface area contributed by atoms with Gasteiger partial charge in [0.05, 0.1) is 31.2 Å². The molecule has 0 bridgehead atoms. The first-order valence-electron chi connectivity index (χ1n) is 13.6. The van der Waals surface area contributed by atoms with Gasteiger partial charge in [-0.2, -0.15) is 0 Å². The highest BCUT2D eigenvalue weighted by atomic mass is 35.5. The molecule has 1 N–H and O–H groups in total. The third kappa shape index (κ3) is 8.51. The van der Waals surface area contributed by atoms with Crippen LogP contribution in [0.4, 0.5) is 5.69 Å². The molecule has 1 fully saturated rings. The molecule has 9 nitrogen and oxygen atoms in total. The van der Waals surface area contributed by atoms with Crippen LogP contribution >= 0.6 is 11.6 Å². The van der Waals surface area contributed by atoms with Gasteiger partial charge >= 0.3 is 0 Å². The van der Waals surface area contributed by atoms with E-state index >= 15 is 0 Å². The SMILES string of the molecule is CCC(C(=O)NC1CCCC1)N(Cc1ccc(OC)cc1)C(=O)CCCN(c1ccc(OC)c(Cl)c1)S(C)(=O)=O. The van der Waals surface area contributed by atoms with Crippen molar-refractivity contribution in [1.82, 2.24) is 10.2 Å². The minimum absolute atomic E-state index is 0.0687. The number of hydrogen-bond acceptors (Lipinski definition) is 6. The van der Waals surface area contributed by atoms with Gasteiger partial charge in [0, 0.05) is 25.6 Å². The van der Waals surface area contributed by atoms with Crippen LogP contribution in [0, 0.1) is 0 Å². The standard InChI is InChI=1S/C29H40ClN3O6S/c1-5-26(29(35)31-22-9-6-7-10-22)32(20-21-12-15-24(38-2)16-13-21)28(34)11-8-18-33(40(4,36)37)23-14-17-27(39-3)25(30)19-23/h12-17,19,22,26H,5-11,18,20H2,1-4H3,(H,31,35). The Morgan fingerprint density at radius 3 is 2.30 bits per heavy atom. The number of anilines is 1. The van der Waals surface area contributed by atoms with Crippen LogP contribution in [-0.2, 0) is 26.2 Å². The number of carbonyl (C=O) groups excluding carboxylic acids is 2. The Hall–Kier alpha value is -2.98. The molecule has 1 unspecified atom stereocenters. The molecule has 220 valence electrons. The molecule has 0 spiro atoms. The van der Waals surface area contributed by atoms with E-state index in [1.807, 2.05) is 31.2 Å². The first-order chi connectivity index (χ1) is 19.1. The Labute approximate surface area is 242 Å². The summed E-state index contributed by atoms with van der Waals surface area (Å²) in [6, 6.07) is 11.6. The Kier molecular flexibility index (Phi) is 11.5. The lowest BCUT2D eigenvalue weighted by Gasteiger charge is -2.32. The number of sulfonamides is 1. The average Bonchev–Trinajstić information content (AvgIpc) is 3.43. The normalized spacial score (nSPS) is 14.4. The van der Waals surface area contributed by atoms with Crippen LogP contribution in [0.5, 0.6) is 11.5 Å². The van der Waals surface area contributed by atoms with E-state index in [0.29, 0.717) is 23.6 Å². The Balaban J connectivity index is 1.77. The van der Waals surface area contributed by atoms with Gasteiger partial charge in [0.1, 0.15) is 17.5 Å². The van der Waals surface area contributed by atoms with Gasteiger partial charge in [-0.1, -0.05) is 43.5 Å². The maximum absolute atomic E-state index is 13.6. The van der Waals surface area contributed by atoms with Crippen LogP contribution in [0.1, 0.15) is 57.4 Å². The minimum atomic E-state index is -3.64. The van der Waals surface area contributed by atoms with E-state index in [2.05, 4.69) is 5.32 Å². The molecule has 1 aliphatic carbocycles. The quantitative estimate of drug-likeness (QED) is 0.338. The number of amides is 2. The van der Waals surface area contributed by atoms with Crippen LogP contribution in [0.25, 0.3) is 0 Å². The van der Waals surface area contributed by atoms with Gasteiger partial charge in [-0.3, -0.25) is 13.9 Å². The molecule has 1 aliphatic rings. The summed E-state index contributed by atoms with van der Waals surface area (Å²) in [4.78, 5) is 28.6. The molecule has 1 saturated carbocycles. The maximum Gasteiger partial charge on any atom is 0.243 e. The van der Waals surface area contributed by atoms with E-state index in [-0.39, 0.29) is 48.8 Å². The summed E-state index contributed by atoms with van der Waals surface area (Å²) in [6.45, 7) is 2.23. The zero-order valence-electron chi connectivity index (χ0n) is 23.7. The number of methoxy groups -OCH3 is 2. The molecule has 0 heterocycles. The van der Waals surface area contributed by atoms with Crippen molar-refractivity contribution in [3.63, 3.8) is 0 Å². The fourth-order valence-corrected chi connectivity index (χ4v) is 6.24. The molecule has 3 rings (SSSR count). The highest BCUT2D eigenvalue weighted by molar-refractivity contribution is 7.92. The van der Waals surface area contributed by atoms with Crippen LogP contribution in [0.3, 0.4) is 0 Å². The molecule has 40 heavy (non-hydrogen) atoms. The molecule has 2 aromatic carbocycles. The van der Waals surface area contributed by atoms with Crippen molar-refractivity contribution in [2.24, 2.45) is 0 Å². The molecular formula is C29H40ClN3O6S. The zero-order valence-corrected chi connectivity index (χ0v) is 25.3. The number of rotatable bonds is 14. The molecule has 2 aromatic rings. The van der Waals surface area contributed by atoms with Crippen molar-refractivity contribution in [3.05, 3.63) is 53.1 Å². The van der Waals surface area contributed by atoms with E-state index in [9.17, 15) is 18.0 Å². The van der Waals surface area contributed by atoms with Crippen molar-refractivity contribution < 1.29 is 27.5 Å². The van der Waals surface area contributed by atoms with Gasteiger partial charge in [0.15, 0.2) is 0 Å². The molecule has 1 atom stereocenters. The summed E-state index contributed by atoms with van der Waals surface area (Å²) in [6.07, 6.45) is 5.98. The lowest BCUT2D eigenvalue weighted by atomic mass is 10.1. The minimum Gasteiger partial charge on any atom is -0.497 e. The second-order valence-electron chi connectivity index (χ2n) is 10.0. The van der Waals surface area contributed by atoms with E-state index in [0.717, 1.165) is 37.5 Å². The van der Waals surface area contributed by atoms with Crippen LogP contribution in [-0.4, -0.2) is 64.2 Å². The van der Waals surface area contributed by atoms with Crippen LogP contribution in [0.2, 0.25) is 5.02 Å². The summed E-state index contributed by atoms with van der Waals surface area (Å²) >= 11 is 6.23. The van der Waals surface area contributed by atoms with Gasteiger partial charge in [-0.15, -0.1) is 0 Å². The Morgan fingerprint density at radius 2 is 1.75 bits per heavy atom. The summed E-state index contributed by atoms with van der Waals surface area (Å²) < 4.78 is 36.8. The summed E-state index contributed by atoms with van der Waals surface area (Å²) in [5.41, 5.74) is 1.25. The molecule has 0 aromatic heterocycles. The lowest BCUT2D eigenvalue weighted by Crippen LogP contribution is -2.51. The first-order valence-corrected chi connectivity index (χ1v) is 15.8. The van der Waals surface area contributed by atoms with Gasteiger partial charge in [0.2, 0.25) is 21.8 Å². The topological polar surface area (TPSA) is 105 Å². The number of ether oxygens (including phenoxy) is 2. The van der Waals surface area contributed by atoms with Gasteiger partial charge < -0.3 is 19.7 Å². The third-order valence-corrected chi connectivity index (χ3v) is 8.66. The van der Waals surface area contributed by atoms with Gasteiger partial charge in [0.25, 0.3) is 0 Å². The average molecular weight is 594 g/mol. The van der Waals surface area contributed by atoms with Crippen molar-refractivity contribution >= 4 is 39.1 Å². The Bertz CT molecular complexity index is 1250. The largest absolute Gasteiger partial charge is 0.497 e. The van der Waals surface area contributed by atoms with Crippen molar-refractivity contribution in [3.8, 4) is 11.5 Å². The molecule has 11 heteroatoms. The predicted octanol–water partition coefficient (Wildman–Crippen LogP) is 4.77. The third-order valence-electron chi connectivity index (χ3n) is 7.17. The number of nitrogens with zero attached hydrogens (tertiary/aromatic N) is 2. The van der Waals surface area contributed by atoms with Crippen LogP contribution < -0.4 is 19.1 Å². The van der Waals surface area contributed by atoms with E-state index in [1.165, 1.54) is 17.5 Å². The highest BCUT2D eigenvalue weighted by Crippen LogP contribution is 2.30. The fourth-order valence-electron chi connectivity index (χ4n) is 5.03. The van der Waals surface area contributed by atoms with E-state index < -0.39 is 16.1 Å². The Morgan fingerprint density at radius 1 is 1.07 bits per heavy atom. The second-order valence-corrected chi connectivity index (χ2v) is 12.4. The van der Waals surface area contributed by atoms with E-state index in [1.54, 1.807) is 24.1 Å². The first kappa shape index (κ1) is 31.5.